The Labute approximate surface area is 124 Å². The maximum atomic E-state index is 12.1. The van der Waals surface area contributed by atoms with Gasteiger partial charge in [-0.3, -0.25) is 4.79 Å². The van der Waals surface area contributed by atoms with Crippen LogP contribution in [0.3, 0.4) is 0 Å². The van der Waals surface area contributed by atoms with E-state index in [0.717, 1.165) is 31.2 Å². The number of nitrogens with one attached hydrogen (secondary N) is 1. The topological polar surface area (TPSA) is 78.9 Å². The molecule has 1 aromatic rings. The van der Waals surface area contributed by atoms with E-state index in [-0.39, 0.29) is 11.8 Å². The minimum Gasteiger partial charge on any atom is -0.320 e. The van der Waals surface area contributed by atoms with Gasteiger partial charge in [0.15, 0.2) is 0 Å². The molecule has 3 N–H and O–H groups in total. The first kappa shape index (κ1) is 15.0. The van der Waals surface area contributed by atoms with E-state index in [1.54, 1.807) is 11.3 Å². The largest absolute Gasteiger partial charge is 0.320 e. The van der Waals surface area contributed by atoms with Crippen molar-refractivity contribution in [2.24, 2.45) is 11.7 Å². The fraction of sp³-hybridized carbons (Fsp3) is 0.600. The molecule has 5 heteroatoms. The molecule has 0 spiro atoms. The second-order valence-electron chi connectivity index (χ2n) is 5.64. The van der Waals surface area contributed by atoms with Crippen LogP contribution in [-0.4, -0.2) is 11.9 Å². The van der Waals surface area contributed by atoms with E-state index in [9.17, 15) is 10.1 Å². The van der Waals surface area contributed by atoms with Gasteiger partial charge in [-0.25, -0.2) is 0 Å². The summed E-state index contributed by atoms with van der Waals surface area (Å²) in [6, 6.07) is 1.72. The number of carbonyl (C=O) groups is 1. The monoisotopic (exact) mass is 291 g/mol. The van der Waals surface area contributed by atoms with Gasteiger partial charge >= 0.3 is 0 Å². The van der Waals surface area contributed by atoms with Gasteiger partial charge < -0.3 is 11.1 Å². The number of carbonyl (C=O) groups excluding carboxylic acids is 1. The van der Waals surface area contributed by atoms with E-state index >= 15 is 0 Å². The minimum atomic E-state index is -0.538. The van der Waals surface area contributed by atoms with E-state index in [2.05, 4.69) is 11.4 Å². The van der Waals surface area contributed by atoms with Gasteiger partial charge in [-0.15, -0.1) is 11.3 Å². The molecular formula is C15H21N3OS. The summed E-state index contributed by atoms with van der Waals surface area (Å²) in [5.41, 5.74) is 7.65. The van der Waals surface area contributed by atoms with E-state index < -0.39 is 6.04 Å². The van der Waals surface area contributed by atoms with Crippen LogP contribution in [0.1, 0.15) is 49.1 Å². The number of anilines is 1. The molecule has 1 aromatic heterocycles. The van der Waals surface area contributed by atoms with Crippen LogP contribution in [0.15, 0.2) is 0 Å². The molecule has 0 saturated heterocycles. The molecule has 0 aromatic carbocycles. The molecule has 1 aliphatic carbocycles. The van der Waals surface area contributed by atoms with Gasteiger partial charge in [0.05, 0.1) is 11.6 Å². The van der Waals surface area contributed by atoms with Crippen LogP contribution in [-0.2, 0) is 17.6 Å². The predicted molar refractivity (Wildman–Crippen MR) is 81.7 cm³/mol. The Morgan fingerprint density at radius 2 is 2.05 bits per heavy atom. The molecule has 4 nitrogen and oxygen atoms in total. The smallest absolute Gasteiger partial charge is 0.242 e. The summed E-state index contributed by atoms with van der Waals surface area (Å²) in [5, 5.41) is 12.9. The molecule has 0 fully saturated rings. The van der Waals surface area contributed by atoms with E-state index in [0.29, 0.717) is 10.6 Å². The van der Waals surface area contributed by atoms with Crippen molar-refractivity contribution in [3.05, 3.63) is 16.0 Å². The van der Waals surface area contributed by atoms with Crippen molar-refractivity contribution >= 4 is 22.2 Å². The van der Waals surface area contributed by atoms with Crippen molar-refractivity contribution < 1.29 is 4.79 Å². The number of hydrogen-bond acceptors (Lipinski definition) is 4. The van der Waals surface area contributed by atoms with Gasteiger partial charge in [0.1, 0.15) is 11.1 Å². The van der Waals surface area contributed by atoms with Gasteiger partial charge in [-0.2, -0.15) is 5.26 Å². The van der Waals surface area contributed by atoms with Crippen molar-refractivity contribution in [1.82, 2.24) is 0 Å². The SMILES string of the molecule is CC(C)C(N)C(=O)Nc1sc2c(c1C#N)CCCCC2. The average molecular weight is 291 g/mol. The Kier molecular flexibility index (Phi) is 4.79. The first-order valence-corrected chi connectivity index (χ1v) is 7.97. The molecule has 0 aliphatic heterocycles. The first-order valence-electron chi connectivity index (χ1n) is 7.15. The highest BCUT2D eigenvalue weighted by atomic mass is 32.1. The van der Waals surface area contributed by atoms with Crippen molar-refractivity contribution in [1.29, 1.82) is 5.26 Å². The molecule has 1 atom stereocenters. The lowest BCUT2D eigenvalue weighted by atomic mass is 10.0. The number of hydrogen-bond donors (Lipinski definition) is 2. The van der Waals surface area contributed by atoms with Crippen LogP contribution in [0, 0.1) is 17.2 Å². The summed E-state index contributed by atoms with van der Waals surface area (Å²) in [7, 11) is 0. The fourth-order valence-corrected chi connectivity index (χ4v) is 3.69. The first-order chi connectivity index (χ1) is 9.54. The third kappa shape index (κ3) is 3.02. The predicted octanol–water partition coefficient (Wildman–Crippen LogP) is 2.81. The lowest BCUT2D eigenvalue weighted by molar-refractivity contribution is -0.118. The van der Waals surface area contributed by atoms with Crippen molar-refractivity contribution in [3.63, 3.8) is 0 Å². The highest BCUT2D eigenvalue weighted by Gasteiger charge is 2.23. The molecule has 1 aliphatic rings. The second kappa shape index (κ2) is 6.38. The Bertz CT molecular complexity index is 542. The van der Waals surface area contributed by atoms with Crippen LogP contribution >= 0.6 is 11.3 Å². The standard InChI is InChI=1S/C15H21N3OS/c1-9(2)13(17)14(19)18-15-11(8-16)10-6-4-3-5-7-12(10)20-15/h9,13H,3-7,17H2,1-2H3,(H,18,19). The molecule has 108 valence electrons. The number of nitriles is 1. The summed E-state index contributed by atoms with van der Waals surface area (Å²) < 4.78 is 0. The lowest BCUT2D eigenvalue weighted by Crippen LogP contribution is -2.39. The molecule has 1 unspecified atom stereocenters. The number of amides is 1. The zero-order valence-electron chi connectivity index (χ0n) is 12.0. The van der Waals surface area contributed by atoms with Crippen molar-refractivity contribution in [2.45, 2.75) is 52.0 Å². The summed E-state index contributed by atoms with van der Waals surface area (Å²) in [6.07, 6.45) is 5.46. The number of nitrogens with two attached hydrogens (primary N) is 1. The zero-order chi connectivity index (χ0) is 14.7. The highest BCUT2D eigenvalue weighted by Crippen LogP contribution is 2.37. The van der Waals surface area contributed by atoms with Crippen LogP contribution in [0.25, 0.3) is 0 Å². The number of nitrogens with zero attached hydrogens (tertiary/aromatic N) is 1. The normalized spacial score (nSPS) is 16.1. The van der Waals surface area contributed by atoms with Crippen LogP contribution < -0.4 is 11.1 Å². The molecule has 2 rings (SSSR count). The molecule has 0 bridgehead atoms. The van der Waals surface area contributed by atoms with Crippen LogP contribution in [0.4, 0.5) is 5.00 Å². The lowest BCUT2D eigenvalue weighted by Gasteiger charge is -2.14. The van der Waals surface area contributed by atoms with Crippen molar-refractivity contribution in [2.75, 3.05) is 5.32 Å². The Hall–Kier alpha value is -1.38. The fourth-order valence-electron chi connectivity index (χ4n) is 2.45. The van der Waals surface area contributed by atoms with Gasteiger partial charge in [-0.1, -0.05) is 20.3 Å². The van der Waals surface area contributed by atoms with Gasteiger partial charge in [-0.05, 0) is 37.2 Å². The highest BCUT2D eigenvalue weighted by molar-refractivity contribution is 7.16. The van der Waals surface area contributed by atoms with Crippen LogP contribution in [0.5, 0.6) is 0 Å². The van der Waals surface area contributed by atoms with Crippen LogP contribution in [0.2, 0.25) is 0 Å². The van der Waals surface area contributed by atoms with Gasteiger partial charge in [0.2, 0.25) is 5.91 Å². The van der Waals surface area contributed by atoms with Crippen molar-refractivity contribution in [3.8, 4) is 6.07 Å². The summed E-state index contributed by atoms with van der Waals surface area (Å²) >= 11 is 1.55. The molecule has 20 heavy (non-hydrogen) atoms. The maximum absolute atomic E-state index is 12.1. The third-order valence-electron chi connectivity index (χ3n) is 3.79. The minimum absolute atomic E-state index is 0.0818. The number of thiophene rings is 1. The van der Waals surface area contributed by atoms with E-state index in [1.165, 1.54) is 11.3 Å². The van der Waals surface area contributed by atoms with Gasteiger partial charge in [0.25, 0.3) is 0 Å². The quantitative estimate of drug-likeness (QED) is 0.840. The Balaban J connectivity index is 2.25. The maximum Gasteiger partial charge on any atom is 0.242 e. The molecular weight excluding hydrogens is 270 g/mol. The number of aryl methyl sites for hydroxylation is 1. The number of fused-ring (bicyclic) bond motifs is 1. The summed E-state index contributed by atoms with van der Waals surface area (Å²) in [5.74, 6) is -0.119. The average Bonchev–Trinajstić information content (AvgIpc) is 2.59. The molecule has 0 saturated carbocycles. The molecule has 1 amide bonds. The van der Waals surface area contributed by atoms with E-state index in [4.69, 9.17) is 5.73 Å². The zero-order valence-corrected chi connectivity index (χ0v) is 12.8. The Morgan fingerprint density at radius 3 is 2.70 bits per heavy atom. The van der Waals surface area contributed by atoms with Gasteiger partial charge in [0, 0.05) is 4.88 Å². The third-order valence-corrected chi connectivity index (χ3v) is 5.00. The summed E-state index contributed by atoms with van der Waals surface area (Å²) in [6.45, 7) is 3.83. The number of rotatable bonds is 3. The molecule has 1 heterocycles. The second-order valence-corrected chi connectivity index (χ2v) is 6.74. The Morgan fingerprint density at radius 1 is 1.35 bits per heavy atom. The summed E-state index contributed by atoms with van der Waals surface area (Å²) in [4.78, 5) is 13.3. The van der Waals surface area contributed by atoms with E-state index in [1.807, 2.05) is 13.8 Å². The molecule has 0 radical (unpaired) electrons.